The molecule has 0 radical (unpaired) electrons. The Morgan fingerprint density at radius 2 is 1.78 bits per heavy atom. The van der Waals surface area contributed by atoms with Crippen molar-refractivity contribution in [1.29, 1.82) is 0 Å². The van der Waals surface area contributed by atoms with E-state index < -0.39 is 11.6 Å². The molecule has 0 aromatic carbocycles. The van der Waals surface area contributed by atoms with Gasteiger partial charge in [-0.25, -0.2) is 9.59 Å². The highest BCUT2D eigenvalue weighted by atomic mass is 16.6. The van der Waals surface area contributed by atoms with Crippen LogP contribution in [0.1, 0.15) is 47.5 Å². The van der Waals surface area contributed by atoms with Gasteiger partial charge in [0.2, 0.25) is 0 Å². The van der Waals surface area contributed by atoms with Crippen LogP contribution >= 0.6 is 0 Å². The van der Waals surface area contributed by atoms with E-state index in [1.165, 1.54) is 0 Å². The predicted octanol–water partition coefficient (Wildman–Crippen LogP) is 1.81. The SMILES string of the molecule is CC(C)[C@@H](NC(=O)NC1CC1)C(=O)OC(C)(C)C. The summed E-state index contributed by atoms with van der Waals surface area (Å²) in [6.07, 6.45) is 2.04. The maximum absolute atomic E-state index is 12.0. The molecule has 2 amide bonds. The largest absolute Gasteiger partial charge is 0.458 e. The number of carbonyl (C=O) groups is 2. The summed E-state index contributed by atoms with van der Waals surface area (Å²) in [6, 6.07) is -0.624. The fourth-order valence-corrected chi connectivity index (χ4v) is 1.46. The molecular formula is C13H24N2O3. The van der Waals surface area contributed by atoms with Crippen LogP contribution in [0.2, 0.25) is 0 Å². The van der Waals surface area contributed by atoms with Crippen molar-refractivity contribution in [1.82, 2.24) is 10.6 Å². The summed E-state index contributed by atoms with van der Waals surface area (Å²) in [5, 5.41) is 5.48. The third-order valence-corrected chi connectivity index (χ3v) is 2.53. The smallest absolute Gasteiger partial charge is 0.329 e. The highest BCUT2D eigenvalue weighted by Gasteiger charge is 2.31. The number of urea groups is 1. The molecule has 0 aromatic rings. The quantitative estimate of drug-likeness (QED) is 0.754. The van der Waals surface area contributed by atoms with Gasteiger partial charge < -0.3 is 15.4 Å². The molecule has 0 unspecified atom stereocenters. The average molecular weight is 256 g/mol. The molecule has 2 N–H and O–H groups in total. The van der Waals surface area contributed by atoms with Gasteiger partial charge >= 0.3 is 12.0 Å². The van der Waals surface area contributed by atoms with E-state index in [-0.39, 0.29) is 24.0 Å². The first-order valence-electron chi connectivity index (χ1n) is 6.49. The summed E-state index contributed by atoms with van der Waals surface area (Å²) in [7, 11) is 0. The molecule has 1 saturated carbocycles. The zero-order chi connectivity index (χ0) is 13.9. The summed E-state index contributed by atoms with van der Waals surface area (Å²) in [5.41, 5.74) is -0.543. The van der Waals surface area contributed by atoms with Crippen LogP contribution in [-0.4, -0.2) is 29.7 Å². The standard InChI is InChI=1S/C13H24N2O3/c1-8(2)10(11(16)18-13(3,4)5)15-12(17)14-9-6-7-9/h8-10H,6-7H2,1-5H3,(H2,14,15,17)/t10-/m1/s1. The number of ether oxygens (including phenoxy) is 1. The third-order valence-electron chi connectivity index (χ3n) is 2.53. The van der Waals surface area contributed by atoms with Gasteiger partial charge in [0.05, 0.1) is 0 Å². The van der Waals surface area contributed by atoms with E-state index in [4.69, 9.17) is 4.74 Å². The van der Waals surface area contributed by atoms with Gasteiger partial charge in [-0.2, -0.15) is 0 Å². The number of amides is 2. The van der Waals surface area contributed by atoms with E-state index in [0.717, 1.165) is 12.8 Å². The molecule has 1 aliphatic rings. The van der Waals surface area contributed by atoms with E-state index in [9.17, 15) is 9.59 Å². The molecule has 0 heterocycles. The van der Waals surface area contributed by atoms with Crippen molar-refractivity contribution >= 4 is 12.0 Å². The number of hydrogen-bond acceptors (Lipinski definition) is 3. The second-order valence-corrected chi connectivity index (χ2v) is 6.15. The molecule has 0 aliphatic heterocycles. The van der Waals surface area contributed by atoms with Crippen LogP contribution < -0.4 is 10.6 Å². The molecule has 1 atom stereocenters. The fraction of sp³-hybridized carbons (Fsp3) is 0.846. The summed E-state index contributed by atoms with van der Waals surface area (Å²) in [5.74, 6) is -0.395. The number of rotatable bonds is 4. The first kappa shape index (κ1) is 14.8. The predicted molar refractivity (Wildman–Crippen MR) is 69.2 cm³/mol. The Hall–Kier alpha value is -1.26. The maximum Gasteiger partial charge on any atom is 0.329 e. The van der Waals surface area contributed by atoms with Crippen molar-refractivity contribution in [2.45, 2.75) is 65.1 Å². The van der Waals surface area contributed by atoms with E-state index in [0.29, 0.717) is 0 Å². The van der Waals surface area contributed by atoms with Gasteiger partial charge in [-0.05, 0) is 39.5 Å². The fourth-order valence-electron chi connectivity index (χ4n) is 1.46. The van der Waals surface area contributed by atoms with E-state index in [1.807, 2.05) is 34.6 Å². The highest BCUT2D eigenvalue weighted by Crippen LogP contribution is 2.18. The summed E-state index contributed by atoms with van der Waals surface area (Å²) in [6.45, 7) is 9.20. The minimum absolute atomic E-state index is 0.00944. The maximum atomic E-state index is 12.0. The van der Waals surface area contributed by atoms with Crippen LogP contribution in [0.25, 0.3) is 0 Å². The number of esters is 1. The molecule has 1 rings (SSSR count). The summed E-state index contributed by atoms with van der Waals surface area (Å²) < 4.78 is 5.30. The monoisotopic (exact) mass is 256 g/mol. The van der Waals surface area contributed by atoms with Crippen molar-refractivity contribution < 1.29 is 14.3 Å². The summed E-state index contributed by atoms with van der Waals surface area (Å²) >= 11 is 0. The second-order valence-electron chi connectivity index (χ2n) is 6.15. The van der Waals surface area contributed by atoms with Gasteiger partial charge in [-0.3, -0.25) is 0 Å². The van der Waals surface area contributed by atoms with E-state index in [1.54, 1.807) is 0 Å². The van der Waals surface area contributed by atoms with E-state index >= 15 is 0 Å². The Morgan fingerprint density at radius 3 is 2.17 bits per heavy atom. The van der Waals surface area contributed by atoms with E-state index in [2.05, 4.69) is 10.6 Å². The van der Waals surface area contributed by atoms with Crippen LogP contribution in [0.15, 0.2) is 0 Å². The van der Waals surface area contributed by atoms with Crippen molar-refractivity contribution in [2.24, 2.45) is 5.92 Å². The Morgan fingerprint density at radius 1 is 1.22 bits per heavy atom. The lowest BCUT2D eigenvalue weighted by Gasteiger charge is -2.26. The minimum Gasteiger partial charge on any atom is -0.458 e. The lowest BCUT2D eigenvalue weighted by molar-refractivity contribution is -0.158. The zero-order valence-electron chi connectivity index (χ0n) is 11.9. The van der Waals surface area contributed by atoms with Gasteiger partial charge in [0.15, 0.2) is 0 Å². The Kier molecular flexibility index (Phi) is 4.59. The average Bonchev–Trinajstić information content (AvgIpc) is 2.94. The number of nitrogens with one attached hydrogen (secondary N) is 2. The first-order valence-corrected chi connectivity index (χ1v) is 6.49. The Bertz CT molecular complexity index is 317. The molecule has 18 heavy (non-hydrogen) atoms. The van der Waals surface area contributed by atoms with Crippen LogP contribution in [0, 0.1) is 5.92 Å². The molecule has 5 heteroatoms. The van der Waals surface area contributed by atoms with Gasteiger partial charge in [-0.15, -0.1) is 0 Å². The normalized spacial score (nSPS) is 17.2. The first-order chi connectivity index (χ1) is 8.19. The van der Waals surface area contributed by atoms with Gasteiger partial charge in [0, 0.05) is 6.04 Å². The lowest BCUT2D eigenvalue weighted by Crippen LogP contribution is -2.50. The van der Waals surface area contributed by atoms with Gasteiger partial charge in [-0.1, -0.05) is 13.8 Å². The molecule has 1 aliphatic carbocycles. The van der Waals surface area contributed by atoms with Crippen molar-refractivity contribution in [2.75, 3.05) is 0 Å². The molecular weight excluding hydrogens is 232 g/mol. The summed E-state index contributed by atoms with van der Waals surface area (Å²) in [4.78, 5) is 23.6. The Labute approximate surface area is 109 Å². The zero-order valence-corrected chi connectivity index (χ0v) is 11.9. The van der Waals surface area contributed by atoms with Crippen molar-refractivity contribution in [3.05, 3.63) is 0 Å². The molecule has 5 nitrogen and oxygen atoms in total. The molecule has 0 saturated heterocycles. The number of carbonyl (C=O) groups excluding carboxylic acids is 2. The van der Waals surface area contributed by atoms with Crippen LogP contribution in [0.3, 0.4) is 0 Å². The Balaban J connectivity index is 2.52. The molecule has 1 fully saturated rings. The number of hydrogen-bond donors (Lipinski definition) is 2. The molecule has 0 aromatic heterocycles. The topological polar surface area (TPSA) is 67.4 Å². The second kappa shape index (κ2) is 5.59. The van der Waals surface area contributed by atoms with Crippen molar-refractivity contribution in [3.63, 3.8) is 0 Å². The van der Waals surface area contributed by atoms with Crippen molar-refractivity contribution in [3.8, 4) is 0 Å². The lowest BCUT2D eigenvalue weighted by atomic mass is 10.0. The van der Waals surface area contributed by atoms with Crippen LogP contribution in [-0.2, 0) is 9.53 Å². The molecule has 104 valence electrons. The van der Waals surface area contributed by atoms with Gasteiger partial charge in [0.25, 0.3) is 0 Å². The molecule has 0 spiro atoms. The highest BCUT2D eigenvalue weighted by molar-refractivity contribution is 5.84. The van der Waals surface area contributed by atoms with Crippen LogP contribution in [0.5, 0.6) is 0 Å². The molecule has 0 bridgehead atoms. The minimum atomic E-state index is -0.608. The van der Waals surface area contributed by atoms with Gasteiger partial charge in [0.1, 0.15) is 11.6 Å². The third kappa shape index (κ3) is 5.38. The van der Waals surface area contributed by atoms with Crippen LogP contribution in [0.4, 0.5) is 4.79 Å².